The molecule has 0 atom stereocenters. The van der Waals surface area contributed by atoms with Crippen LogP contribution in [-0.4, -0.2) is 0 Å². The minimum absolute atomic E-state index is 1.33. The smallest absolute Gasteiger partial charge is 0.0542 e. The normalized spacial score (nSPS) is 12.0. The van der Waals surface area contributed by atoms with Crippen molar-refractivity contribution < 1.29 is 0 Å². The van der Waals surface area contributed by atoms with Gasteiger partial charge in [-0.2, -0.15) is 0 Å². The van der Waals surface area contributed by atoms with Crippen LogP contribution in [0.1, 0.15) is 5.56 Å². The Hall–Kier alpha value is -2.20. The molecular formula is C23H14S3. The van der Waals surface area contributed by atoms with Gasteiger partial charge in [0.05, 0.1) is 9.40 Å². The maximum atomic E-state index is 2.37. The third-order valence-corrected chi connectivity index (χ3v) is 8.61. The van der Waals surface area contributed by atoms with E-state index in [0.717, 1.165) is 0 Å². The van der Waals surface area contributed by atoms with E-state index in [1.165, 1.54) is 55.7 Å². The van der Waals surface area contributed by atoms with Crippen molar-refractivity contribution in [3.8, 4) is 10.4 Å². The molecule has 6 aromatic rings. The van der Waals surface area contributed by atoms with E-state index < -0.39 is 0 Å². The lowest BCUT2D eigenvalue weighted by molar-refractivity contribution is 1.52. The quantitative estimate of drug-likeness (QED) is 0.266. The minimum Gasteiger partial charge on any atom is -0.135 e. The summed E-state index contributed by atoms with van der Waals surface area (Å²) >= 11 is 5.74. The molecule has 0 saturated heterocycles. The zero-order valence-electron chi connectivity index (χ0n) is 14.1. The molecular weight excluding hydrogens is 372 g/mol. The van der Waals surface area contributed by atoms with Crippen LogP contribution in [0.4, 0.5) is 0 Å². The average molecular weight is 387 g/mol. The first-order valence-electron chi connectivity index (χ1n) is 8.61. The molecule has 0 aliphatic heterocycles. The summed E-state index contributed by atoms with van der Waals surface area (Å²) in [7, 11) is 0. The summed E-state index contributed by atoms with van der Waals surface area (Å²) in [4.78, 5) is 1.35. The van der Waals surface area contributed by atoms with Crippen molar-refractivity contribution in [2.24, 2.45) is 0 Å². The van der Waals surface area contributed by atoms with Gasteiger partial charge in [-0.1, -0.05) is 42.5 Å². The van der Waals surface area contributed by atoms with Crippen molar-refractivity contribution in [2.75, 3.05) is 0 Å². The Kier molecular flexibility index (Phi) is 3.10. The second-order valence-corrected chi connectivity index (χ2v) is 9.91. The van der Waals surface area contributed by atoms with Gasteiger partial charge < -0.3 is 0 Å². The second-order valence-electron chi connectivity index (χ2n) is 6.72. The fraction of sp³-hybridized carbons (Fsp3) is 0.0435. The van der Waals surface area contributed by atoms with E-state index in [1.54, 1.807) is 0 Å². The molecule has 0 bridgehead atoms. The zero-order chi connectivity index (χ0) is 17.3. The van der Waals surface area contributed by atoms with Crippen molar-refractivity contribution in [3.63, 3.8) is 0 Å². The van der Waals surface area contributed by atoms with Gasteiger partial charge in [-0.25, -0.2) is 0 Å². The Balaban J connectivity index is 1.59. The predicted molar refractivity (Wildman–Crippen MR) is 120 cm³/mol. The topological polar surface area (TPSA) is 0 Å². The Morgan fingerprint density at radius 2 is 1.35 bits per heavy atom. The Bertz CT molecular complexity index is 1410. The van der Waals surface area contributed by atoms with E-state index in [4.69, 9.17) is 0 Å². The van der Waals surface area contributed by atoms with Gasteiger partial charge in [-0.3, -0.25) is 0 Å². The number of hydrogen-bond acceptors (Lipinski definition) is 3. The maximum absolute atomic E-state index is 2.37. The molecule has 0 N–H and O–H groups in total. The van der Waals surface area contributed by atoms with Gasteiger partial charge in [0.1, 0.15) is 0 Å². The summed E-state index contributed by atoms with van der Waals surface area (Å²) in [5.74, 6) is 0. The summed E-state index contributed by atoms with van der Waals surface area (Å²) < 4.78 is 7.03. The van der Waals surface area contributed by atoms with Gasteiger partial charge in [-0.15, -0.1) is 34.0 Å². The highest BCUT2D eigenvalue weighted by Gasteiger charge is 2.13. The summed E-state index contributed by atoms with van der Waals surface area (Å²) in [6, 6.07) is 24.7. The highest BCUT2D eigenvalue weighted by Crippen LogP contribution is 2.45. The Morgan fingerprint density at radius 1 is 0.615 bits per heavy atom. The Labute approximate surface area is 163 Å². The number of hydrogen-bond donors (Lipinski definition) is 0. The van der Waals surface area contributed by atoms with E-state index in [9.17, 15) is 0 Å². The molecule has 26 heavy (non-hydrogen) atoms. The number of aryl methyl sites for hydroxylation is 1. The van der Waals surface area contributed by atoms with Crippen molar-refractivity contribution in [3.05, 3.63) is 72.3 Å². The van der Waals surface area contributed by atoms with Gasteiger partial charge in [0.15, 0.2) is 0 Å². The van der Waals surface area contributed by atoms with Gasteiger partial charge in [0.25, 0.3) is 0 Å². The molecule has 0 aliphatic carbocycles. The number of benzene rings is 3. The molecule has 0 nitrogen and oxygen atoms in total. The van der Waals surface area contributed by atoms with E-state index in [-0.39, 0.29) is 0 Å². The fourth-order valence-electron chi connectivity index (χ4n) is 3.64. The monoisotopic (exact) mass is 386 g/mol. The van der Waals surface area contributed by atoms with Crippen LogP contribution in [0.2, 0.25) is 0 Å². The van der Waals surface area contributed by atoms with E-state index in [0.29, 0.717) is 0 Å². The van der Waals surface area contributed by atoms with Crippen molar-refractivity contribution >= 4 is 73.7 Å². The standard InChI is InChI=1S/C23H14S3/c1-13-6-8-16-20(10-13)25-23-17-9-7-15(12-21(17)26-22(16)23)19-11-14-4-2-3-5-18(14)24-19/h2-12H,1H3. The average Bonchev–Trinajstić information content (AvgIpc) is 3.31. The first kappa shape index (κ1) is 14.9. The molecule has 0 aliphatic rings. The number of thiophene rings is 3. The van der Waals surface area contributed by atoms with Crippen LogP contribution in [0.3, 0.4) is 0 Å². The largest absolute Gasteiger partial charge is 0.135 e. The SMILES string of the molecule is Cc1ccc2c(c1)sc1c3ccc(-c4cc5ccccc5s4)cc3sc21. The van der Waals surface area contributed by atoms with Crippen molar-refractivity contribution in [1.29, 1.82) is 0 Å². The molecule has 0 saturated carbocycles. The molecule has 3 aromatic heterocycles. The van der Waals surface area contributed by atoms with Crippen molar-refractivity contribution in [1.82, 2.24) is 0 Å². The summed E-state index contributed by atoms with van der Waals surface area (Å²) in [6.45, 7) is 2.17. The second kappa shape index (κ2) is 5.40. The molecule has 3 aromatic carbocycles. The Morgan fingerprint density at radius 3 is 2.15 bits per heavy atom. The molecule has 124 valence electrons. The summed E-state index contributed by atoms with van der Waals surface area (Å²) in [5, 5.41) is 4.13. The lowest BCUT2D eigenvalue weighted by Crippen LogP contribution is -1.70. The molecule has 0 radical (unpaired) electrons. The fourth-order valence-corrected chi connectivity index (χ4v) is 7.49. The van der Waals surface area contributed by atoms with E-state index >= 15 is 0 Å². The van der Waals surface area contributed by atoms with Crippen LogP contribution in [-0.2, 0) is 0 Å². The zero-order valence-corrected chi connectivity index (χ0v) is 16.5. The molecule has 0 unspecified atom stereocenters. The van der Waals surface area contributed by atoms with Crippen LogP contribution in [0, 0.1) is 6.92 Å². The third kappa shape index (κ3) is 2.11. The summed E-state index contributed by atoms with van der Waals surface area (Å²) in [6.07, 6.45) is 0. The molecule has 0 spiro atoms. The van der Waals surface area contributed by atoms with Gasteiger partial charge in [0, 0.05) is 29.7 Å². The highest BCUT2D eigenvalue weighted by molar-refractivity contribution is 7.36. The van der Waals surface area contributed by atoms with Crippen molar-refractivity contribution in [2.45, 2.75) is 6.92 Å². The molecule has 3 heterocycles. The molecule has 6 rings (SSSR count). The van der Waals surface area contributed by atoms with Gasteiger partial charge in [-0.05, 0) is 47.7 Å². The molecule has 0 amide bonds. The van der Waals surface area contributed by atoms with Gasteiger partial charge in [0.2, 0.25) is 0 Å². The highest BCUT2D eigenvalue weighted by atomic mass is 32.1. The predicted octanol–water partition coefficient (Wildman–Crippen LogP) is 8.46. The molecule has 0 fully saturated rings. The van der Waals surface area contributed by atoms with Crippen LogP contribution in [0.25, 0.3) is 50.1 Å². The van der Waals surface area contributed by atoms with E-state index in [2.05, 4.69) is 73.7 Å². The lowest BCUT2D eigenvalue weighted by atomic mass is 10.1. The first-order valence-corrected chi connectivity index (χ1v) is 11.1. The lowest BCUT2D eigenvalue weighted by Gasteiger charge is -1.97. The van der Waals surface area contributed by atoms with Crippen LogP contribution in [0.15, 0.2) is 66.7 Å². The van der Waals surface area contributed by atoms with Crippen LogP contribution >= 0.6 is 34.0 Å². The number of rotatable bonds is 1. The molecule has 3 heteroatoms. The minimum atomic E-state index is 1.33. The maximum Gasteiger partial charge on any atom is 0.0542 e. The summed E-state index contributed by atoms with van der Waals surface area (Å²) in [5.41, 5.74) is 2.66. The van der Waals surface area contributed by atoms with E-state index in [1.807, 2.05) is 34.0 Å². The van der Waals surface area contributed by atoms with Crippen LogP contribution < -0.4 is 0 Å². The third-order valence-electron chi connectivity index (χ3n) is 4.95. The first-order chi connectivity index (χ1) is 12.8. The number of fused-ring (bicyclic) bond motifs is 6. The van der Waals surface area contributed by atoms with Gasteiger partial charge >= 0.3 is 0 Å². The van der Waals surface area contributed by atoms with Crippen LogP contribution in [0.5, 0.6) is 0 Å².